The number of nitrogens with zero attached hydrogens (tertiary/aromatic N) is 2. The molecule has 0 saturated carbocycles. The number of carbonyl (C=O) groups is 1. The van der Waals surface area contributed by atoms with Crippen molar-refractivity contribution in [2.24, 2.45) is 0 Å². The zero-order chi connectivity index (χ0) is 18.2. The van der Waals surface area contributed by atoms with Gasteiger partial charge in [0.25, 0.3) is 0 Å². The summed E-state index contributed by atoms with van der Waals surface area (Å²) in [5, 5.41) is 3.00. The van der Waals surface area contributed by atoms with Crippen molar-refractivity contribution in [3.8, 4) is 5.75 Å². The standard InChI is InChI=1S/C21H27N3O2/c1-2-26-20-11-7-6-10-19(20)24-14-12-23(13-15-24)17-21(25)22-16-18-8-4-3-5-9-18/h3-11H,2,12-17H2,1H3,(H,22,25). The number of rotatable bonds is 7. The molecule has 5 nitrogen and oxygen atoms in total. The van der Waals surface area contributed by atoms with E-state index in [0.29, 0.717) is 19.7 Å². The second-order valence-electron chi connectivity index (χ2n) is 6.43. The van der Waals surface area contributed by atoms with Gasteiger partial charge in [0.15, 0.2) is 0 Å². The summed E-state index contributed by atoms with van der Waals surface area (Å²) in [5.74, 6) is 1.01. The molecule has 1 fully saturated rings. The van der Waals surface area contributed by atoms with Crippen LogP contribution in [0.1, 0.15) is 12.5 Å². The first-order valence-electron chi connectivity index (χ1n) is 9.26. The molecule has 1 aliphatic heterocycles. The van der Waals surface area contributed by atoms with Gasteiger partial charge in [0, 0.05) is 32.7 Å². The van der Waals surface area contributed by atoms with Crippen molar-refractivity contribution < 1.29 is 9.53 Å². The molecule has 1 amide bonds. The second kappa shape index (κ2) is 9.25. The number of ether oxygens (including phenoxy) is 1. The molecule has 1 saturated heterocycles. The molecule has 0 aliphatic carbocycles. The number of hydrogen-bond donors (Lipinski definition) is 1. The van der Waals surface area contributed by atoms with Crippen molar-refractivity contribution in [1.29, 1.82) is 0 Å². The largest absolute Gasteiger partial charge is 0.492 e. The van der Waals surface area contributed by atoms with Crippen LogP contribution in [0.2, 0.25) is 0 Å². The summed E-state index contributed by atoms with van der Waals surface area (Å²) in [6, 6.07) is 18.2. The number of para-hydroxylation sites is 2. The lowest BCUT2D eigenvalue weighted by Crippen LogP contribution is -2.49. The molecule has 138 valence electrons. The Morgan fingerprint density at radius 2 is 1.69 bits per heavy atom. The third kappa shape index (κ3) is 4.99. The van der Waals surface area contributed by atoms with E-state index in [9.17, 15) is 4.79 Å². The summed E-state index contributed by atoms with van der Waals surface area (Å²) in [5.41, 5.74) is 2.26. The maximum atomic E-state index is 12.2. The molecule has 26 heavy (non-hydrogen) atoms. The summed E-state index contributed by atoms with van der Waals surface area (Å²) in [6.45, 7) is 7.25. The summed E-state index contributed by atoms with van der Waals surface area (Å²) in [6.07, 6.45) is 0. The van der Waals surface area contributed by atoms with E-state index in [1.807, 2.05) is 55.5 Å². The van der Waals surface area contributed by atoms with Crippen LogP contribution in [-0.2, 0) is 11.3 Å². The van der Waals surface area contributed by atoms with Crippen LogP contribution >= 0.6 is 0 Å². The van der Waals surface area contributed by atoms with Crippen molar-refractivity contribution in [2.75, 3.05) is 44.2 Å². The van der Waals surface area contributed by atoms with E-state index in [2.05, 4.69) is 21.2 Å². The minimum atomic E-state index is 0.0806. The average Bonchev–Trinajstić information content (AvgIpc) is 2.69. The van der Waals surface area contributed by atoms with Crippen LogP contribution in [0, 0.1) is 0 Å². The summed E-state index contributed by atoms with van der Waals surface area (Å²) >= 11 is 0. The zero-order valence-corrected chi connectivity index (χ0v) is 15.4. The summed E-state index contributed by atoms with van der Waals surface area (Å²) in [4.78, 5) is 16.7. The molecule has 0 bridgehead atoms. The first kappa shape index (κ1) is 18.3. The molecule has 0 radical (unpaired) electrons. The van der Waals surface area contributed by atoms with Gasteiger partial charge < -0.3 is 15.0 Å². The van der Waals surface area contributed by atoms with Crippen molar-refractivity contribution >= 4 is 11.6 Å². The molecule has 3 rings (SSSR count). The molecule has 2 aromatic carbocycles. The number of anilines is 1. The van der Waals surface area contributed by atoms with Crippen LogP contribution in [0.15, 0.2) is 54.6 Å². The highest BCUT2D eigenvalue weighted by Gasteiger charge is 2.21. The molecule has 1 heterocycles. The maximum absolute atomic E-state index is 12.2. The van der Waals surface area contributed by atoms with E-state index in [1.54, 1.807) is 0 Å². The van der Waals surface area contributed by atoms with Crippen LogP contribution in [0.5, 0.6) is 5.75 Å². The van der Waals surface area contributed by atoms with Crippen LogP contribution in [0.3, 0.4) is 0 Å². The summed E-state index contributed by atoms with van der Waals surface area (Å²) in [7, 11) is 0. The molecular weight excluding hydrogens is 326 g/mol. The lowest BCUT2D eigenvalue weighted by Gasteiger charge is -2.36. The lowest BCUT2D eigenvalue weighted by molar-refractivity contribution is -0.122. The fraction of sp³-hybridized carbons (Fsp3) is 0.381. The van der Waals surface area contributed by atoms with Gasteiger partial charge in [-0.3, -0.25) is 9.69 Å². The molecule has 5 heteroatoms. The van der Waals surface area contributed by atoms with Gasteiger partial charge in [-0.1, -0.05) is 42.5 Å². The van der Waals surface area contributed by atoms with Crippen LogP contribution < -0.4 is 15.0 Å². The van der Waals surface area contributed by atoms with Gasteiger partial charge in [-0.2, -0.15) is 0 Å². The van der Waals surface area contributed by atoms with Crippen molar-refractivity contribution in [1.82, 2.24) is 10.2 Å². The Bertz CT molecular complexity index is 697. The van der Waals surface area contributed by atoms with Crippen LogP contribution in [0.4, 0.5) is 5.69 Å². The van der Waals surface area contributed by atoms with Gasteiger partial charge in [-0.15, -0.1) is 0 Å². The van der Waals surface area contributed by atoms with Gasteiger partial charge in [-0.25, -0.2) is 0 Å². The number of hydrogen-bond acceptors (Lipinski definition) is 4. The van der Waals surface area contributed by atoms with Crippen molar-refractivity contribution in [3.05, 3.63) is 60.2 Å². The smallest absolute Gasteiger partial charge is 0.234 e. The Kier molecular flexibility index (Phi) is 6.50. The van der Waals surface area contributed by atoms with E-state index in [-0.39, 0.29) is 5.91 Å². The third-order valence-electron chi connectivity index (χ3n) is 4.58. The van der Waals surface area contributed by atoms with Gasteiger partial charge in [-0.05, 0) is 24.6 Å². The molecule has 1 aliphatic rings. The normalized spacial score (nSPS) is 14.9. The lowest BCUT2D eigenvalue weighted by atomic mass is 10.2. The van der Waals surface area contributed by atoms with E-state index in [0.717, 1.165) is 43.2 Å². The second-order valence-corrected chi connectivity index (χ2v) is 6.43. The van der Waals surface area contributed by atoms with Crippen LogP contribution in [-0.4, -0.2) is 50.1 Å². The number of carbonyl (C=O) groups excluding carboxylic acids is 1. The fourth-order valence-corrected chi connectivity index (χ4v) is 3.20. The Balaban J connectivity index is 1.46. The van der Waals surface area contributed by atoms with E-state index in [1.165, 1.54) is 0 Å². The van der Waals surface area contributed by atoms with Crippen LogP contribution in [0.25, 0.3) is 0 Å². The molecule has 0 unspecified atom stereocenters. The molecule has 1 N–H and O–H groups in total. The minimum absolute atomic E-state index is 0.0806. The highest BCUT2D eigenvalue weighted by Crippen LogP contribution is 2.28. The van der Waals surface area contributed by atoms with Crippen molar-refractivity contribution in [3.63, 3.8) is 0 Å². The maximum Gasteiger partial charge on any atom is 0.234 e. The van der Waals surface area contributed by atoms with Gasteiger partial charge in [0.1, 0.15) is 5.75 Å². The minimum Gasteiger partial charge on any atom is -0.492 e. The number of benzene rings is 2. The van der Waals surface area contributed by atoms with Gasteiger partial charge in [0.2, 0.25) is 5.91 Å². The molecule has 0 spiro atoms. The predicted octanol–water partition coefficient (Wildman–Crippen LogP) is 2.52. The molecule has 0 atom stereocenters. The first-order valence-corrected chi connectivity index (χ1v) is 9.26. The number of piperazine rings is 1. The molecular formula is C21H27N3O2. The Morgan fingerprint density at radius 3 is 2.42 bits per heavy atom. The predicted molar refractivity (Wildman–Crippen MR) is 105 cm³/mol. The molecule has 2 aromatic rings. The zero-order valence-electron chi connectivity index (χ0n) is 15.4. The average molecular weight is 353 g/mol. The molecule has 0 aromatic heterocycles. The highest BCUT2D eigenvalue weighted by atomic mass is 16.5. The third-order valence-corrected chi connectivity index (χ3v) is 4.58. The van der Waals surface area contributed by atoms with Gasteiger partial charge >= 0.3 is 0 Å². The number of amides is 1. The Morgan fingerprint density at radius 1 is 1.00 bits per heavy atom. The Labute approximate surface area is 155 Å². The van der Waals surface area contributed by atoms with Crippen molar-refractivity contribution in [2.45, 2.75) is 13.5 Å². The fourth-order valence-electron chi connectivity index (χ4n) is 3.20. The van der Waals surface area contributed by atoms with E-state index < -0.39 is 0 Å². The van der Waals surface area contributed by atoms with E-state index >= 15 is 0 Å². The van der Waals surface area contributed by atoms with Gasteiger partial charge in [0.05, 0.1) is 18.8 Å². The topological polar surface area (TPSA) is 44.8 Å². The first-order chi connectivity index (χ1) is 12.8. The van der Waals surface area contributed by atoms with E-state index in [4.69, 9.17) is 4.74 Å². The highest BCUT2D eigenvalue weighted by molar-refractivity contribution is 5.78. The summed E-state index contributed by atoms with van der Waals surface area (Å²) < 4.78 is 5.74. The Hall–Kier alpha value is -2.53. The SMILES string of the molecule is CCOc1ccccc1N1CCN(CC(=O)NCc2ccccc2)CC1. The monoisotopic (exact) mass is 353 g/mol. The quantitative estimate of drug-likeness (QED) is 0.831. The number of nitrogens with one attached hydrogen (secondary N) is 1.